The van der Waals surface area contributed by atoms with Gasteiger partial charge in [-0.25, -0.2) is 9.97 Å². The van der Waals surface area contributed by atoms with E-state index < -0.39 is 4.92 Å². The number of likely N-dealkylation sites (N-methyl/N-ethyl adjacent to an activating group) is 1. The third-order valence-electron chi connectivity index (χ3n) is 3.33. The van der Waals surface area contributed by atoms with E-state index in [0.29, 0.717) is 18.2 Å². The molecule has 1 fully saturated rings. The third-order valence-corrected chi connectivity index (χ3v) is 3.33. The van der Waals surface area contributed by atoms with Gasteiger partial charge in [-0.2, -0.15) is 0 Å². The molecule has 0 amide bonds. The highest BCUT2D eigenvalue weighted by atomic mass is 16.6. The normalized spacial score (nSPS) is 16.2. The molecule has 0 radical (unpaired) electrons. The van der Waals surface area contributed by atoms with Gasteiger partial charge >= 0.3 is 5.69 Å². The van der Waals surface area contributed by atoms with Gasteiger partial charge in [-0.3, -0.25) is 10.1 Å². The molecule has 0 aliphatic carbocycles. The van der Waals surface area contributed by atoms with Crippen LogP contribution in [0, 0.1) is 10.1 Å². The summed E-state index contributed by atoms with van der Waals surface area (Å²) in [5, 5.41) is 14.4. The van der Waals surface area contributed by atoms with Crippen molar-refractivity contribution in [3.05, 3.63) is 16.4 Å². The van der Waals surface area contributed by atoms with E-state index in [9.17, 15) is 10.1 Å². The minimum absolute atomic E-state index is 0.0227. The minimum atomic E-state index is -0.397. The first-order valence-electron chi connectivity index (χ1n) is 6.80. The van der Waals surface area contributed by atoms with Gasteiger partial charge in [0.2, 0.25) is 11.6 Å². The second-order valence-electron chi connectivity index (χ2n) is 4.87. The number of nitrogens with zero attached hydrogens (tertiary/aromatic N) is 5. The Morgan fingerprint density at radius 1 is 1.35 bits per heavy atom. The number of piperazine rings is 1. The van der Waals surface area contributed by atoms with Crippen LogP contribution < -0.4 is 10.2 Å². The van der Waals surface area contributed by atoms with Crippen LogP contribution in [0.15, 0.2) is 6.33 Å². The SMILES string of the molecule is CCCNc1ncnc(N2CCN(C)CC2)c1[N+](=O)[O-]. The zero-order chi connectivity index (χ0) is 14.5. The highest BCUT2D eigenvalue weighted by Crippen LogP contribution is 2.32. The summed E-state index contributed by atoms with van der Waals surface area (Å²) in [4.78, 5) is 23.3. The van der Waals surface area contributed by atoms with Crippen LogP contribution in [0.3, 0.4) is 0 Å². The Balaban J connectivity index is 2.29. The zero-order valence-electron chi connectivity index (χ0n) is 11.9. The van der Waals surface area contributed by atoms with E-state index in [0.717, 1.165) is 32.6 Å². The second-order valence-corrected chi connectivity index (χ2v) is 4.87. The van der Waals surface area contributed by atoms with Crippen molar-refractivity contribution in [2.45, 2.75) is 13.3 Å². The summed E-state index contributed by atoms with van der Waals surface area (Å²) in [6.07, 6.45) is 2.27. The van der Waals surface area contributed by atoms with Crippen LogP contribution >= 0.6 is 0 Å². The number of nitrogens with one attached hydrogen (secondary N) is 1. The molecule has 0 unspecified atom stereocenters. The van der Waals surface area contributed by atoms with Crippen molar-refractivity contribution in [1.29, 1.82) is 0 Å². The molecule has 0 spiro atoms. The van der Waals surface area contributed by atoms with E-state index in [-0.39, 0.29) is 5.69 Å². The minimum Gasteiger partial charge on any atom is -0.364 e. The maximum atomic E-state index is 11.4. The molecular formula is C12H20N6O2. The van der Waals surface area contributed by atoms with Crippen molar-refractivity contribution >= 4 is 17.3 Å². The van der Waals surface area contributed by atoms with Crippen molar-refractivity contribution < 1.29 is 4.92 Å². The van der Waals surface area contributed by atoms with Gasteiger partial charge < -0.3 is 15.1 Å². The molecule has 0 aromatic carbocycles. The van der Waals surface area contributed by atoms with E-state index in [1.807, 2.05) is 18.9 Å². The molecule has 1 aromatic rings. The molecule has 1 N–H and O–H groups in total. The maximum Gasteiger partial charge on any atom is 0.353 e. The topological polar surface area (TPSA) is 87.4 Å². The van der Waals surface area contributed by atoms with Crippen LogP contribution in [0.1, 0.15) is 13.3 Å². The summed E-state index contributed by atoms with van der Waals surface area (Å²) in [6, 6.07) is 0. The summed E-state index contributed by atoms with van der Waals surface area (Å²) in [5.74, 6) is 0.720. The smallest absolute Gasteiger partial charge is 0.353 e. The van der Waals surface area contributed by atoms with Crippen molar-refractivity contribution in [3.63, 3.8) is 0 Å². The molecule has 8 nitrogen and oxygen atoms in total. The van der Waals surface area contributed by atoms with Gasteiger partial charge in [0.05, 0.1) is 4.92 Å². The zero-order valence-corrected chi connectivity index (χ0v) is 11.9. The van der Waals surface area contributed by atoms with Crippen LogP contribution in [0.2, 0.25) is 0 Å². The van der Waals surface area contributed by atoms with Gasteiger partial charge in [0.1, 0.15) is 6.33 Å². The van der Waals surface area contributed by atoms with Gasteiger partial charge in [-0.15, -0.1) is 0 Å². The van der Waals surface area contributed by atoms with Gasteiger partial charge in [0, 0.05) is 32.7 Å². The first-order valence-corrected chi connectivity index (χ1v) is 6.80. The van der Waals surface area contributed by atoms with Crippen molar-refractivity contribution in [3.8, 4) is 0 Å². The molecule has 8 heteroatoms. The molecule has 1 aliphatic rings. The lowest BCUT2D eigenvalue weighted by Crippen LogP contribution is -2.45. The predicted octanol–water partition coefficient (Wildman–Crippen LogP) is 0.959. The lowest BCUT2D eigenvalue weighted by Gasteiger charge is -2.32. The summed E-state index contributed by atoms with van der Waals surface area (Å²) in [6.45, 7) is 5.88. The Hall–Kier alpha value is -1.96. The number of nitro groups is 1. The van der Waals surface area contributed by atoms with E-state index in [1.54, 1.807) is 0 Å². The highest BCUT2D eigenvalue weighted by molar-refractivity contribution is 5.70. The molecule has 2 rings (SSSR count). The fraction of sp³-hybridized carbons (Fsp3) is 0.667. The number of hydrogen-bond acceptors (Lipinski definition) is 7. The molecule has 0 bridgehead atoms. The summed E-state index contributed by atoms with van der Waals surface area (Å²) in [5.41, 5.74) is -0.0227. The van der Waals surface area contributed by atoms with Crippen LogP contribution in [-0.2, 0) is 0 Å². The number of hydrogen-bond donors (Lipinski definition) is 1. The second kappa shape index (κ2) is 6.47. The average Bonchev–Trinajstić information content (AvgIpc) is 2.45. The molecule has 1 aliphatic heterocycles. The van der Waals surface area contributed by atoms with Crippen LogP contribution in [0.25, 0.3) is 0 Å². The molecule has 0 saturated carbocycles. The fourth-order valence-electron chi connectivity index (χ4n) is 2.16. The van der Waals surface area contributed by atoms with E-state index in [2.05, 4.69) is 20.2 Å². The molecule has 1 aromatic heterocycles. The summed E-state index contributed by atoms with van der Waals surface area (Å²) < 4.78 is 0. The largest absolute Gasteiger partial charge is 0.364 e. The lowest BCUT2D eigenvalue weighted by atomic mass is 10.3. The molecule has 20 heavy (non-hydrogen) atoms. The Morgan fingerprint density at radius 2 is 2.05 bits per heavy atom. The standard InChI is InChI=1S/C12H20N6O2/c1-3-4-13-11-10(18(19)20)12(15-9-14-11)17-7-5-16(2)6-8-17/h9H,3-8H2,1-2H3,(H,13,14,15). The van der Waals surface area contributed by atoms with Crippen molar-refractivity contribution in [2.75, 3.05) is 50.0 Å². The van der Waals surface area contributed by atoms with Crippen molar-refractivity contribution in [2.24, 2.45) is 0 Å². The van der Waals surface area contributed by atoms with E-state index in [4.69, 9.17) is 0 Å². The molecule has 110 valence electrons. The van der Waals surface area contributed by atoms with Gasteiger partial charge in [0.15, 0.2) is 0 Å². The highest BCUT2D eigenvalue weighted by Gasteiger charge is 2.28. The quantitative estimate of drug-likeness (QED) is 0.634. The molecule has 1 saturated heterocycles. The summed E-state index contributed by atoms with van der Waals surface area (Å²) >= 11 is 0. The first kappa shape index (κ1) is 14.4. The van der Waals surface area contributed by atoms with Crippen LogP contribution in [0.4, 0.5) is 17.3 Å². The first-order chi connectivity index (χ1) is 9.63. The van der Waals surface area contributed by atoms with Crippen LogP contribution in [-0.4, -0.2) is 59.6 Å². The predicted molar refractivity (Wildman–Crippen MR) is 77.2 cm³/mol. The van der Waals surface area contributed by atoms with E-state index in [1.165, 1.54) is 6.33 Å². The number of rotatable bonds is 5. The van der Waals surface area contributed by atoms with Crippen molar-refractivity contribution in [1.82, 2.24) is 14.9 Å². The van der Waals surface area contributed by atoms with Crippen LogP contribution in [0.5, 0.6) is 0 Å². The molecule has 2 heterocycles. The fourth-order valence-corrected chi connectivity index (χ4v) is 2.16. The van der Waals surface area contributed by atoms with Gasteiger partial charge in [-0.05, 0) is 13.5 Å². The summed E-state index contributed by atoms with van der Waals surface area (Å²) in [7, 11) is 2.04. The maximum absolute atomic E-state index is 11.4. The number of aromatic nitrogens is 2. The van der Waals surface area contributed by atoms with Gasteiger partial charge in [0.25, 0.3) is 0 Å². The number of anilines is 2. The molecule has 0 atom stereocenters. The van der Waals surface area contributed by atoms with E-state index >= 15 is 0 Å². The average molecular weight is 280 g/mol. The monoisotopic (exact) mass is 280 g/mol. The Bertz CT molecular complexity index is 473. The lowest BCUT2D eigenvalue weighted by molar-refractivity contribution is -0.383. The Kier molecular flexibility index (Phi) is 4.67. The Morgan fingerprint density at radius 3 is 2.65 bits per heavy atom. The third kappa shape index (κ3) is 3.13. The van der Waals surface area contributed by atoms with Gasteiger partial charge in [-0.1, -0.05) is 6.92 Å². The Labute approximate surface area is 118 Å². The molecular weight excluding hydrogens is 260 g/mol.